The number of hydrogen-bond donors (Lipinski definition) is 0. The zero-order valence-corrected chi connectivity index (χ0v) is 13.7. The predicted molar refractivity (Wildman–Crippen MR) is 86.8 cm³/mol. The molecule has 4 nitrogen and oxygen atoms in total. The number of fused-ring (bicyclic) bond motifs is 1. The molecule has 1 heterocycles. The summed E-state index contributed by atoms with van der Waals surface area (Å²) < 4.78 is 16.0. The van der Waals surface area contributed by atoms with Gasteiger partial charge in [0.25, 0.3) is 0 Å². The third-order valence-corrected chi connectivity index (χ3v) is 4.10. The molecule has 0 bridgehead atoms. The lowest BCUT2D eigenvalue weighted by Crippen LogP contribution is -2.31. The molecule has 1 aliphatic heterocycles. The average molecular weight is 333 g/mol. The fraction of sp³-hybridized carbons (Fsp3) is 0.278. The van der Waals surface area contributed by atoms with Gasteiger partial charge in [0.2, 0.25) is 6.79 Å². The number of carbonyl (C=O) groups excluding carboxylic acids is 1. The van der Waals surface area contributed by atoms with Gasteiger partial charge in [0, 0.05) is 5.02 Å². The van der Waals surface area contributed by atoms with Crippen molar-refractivity contribution >= 4 is 17.6 Å². The van der Waals surface area contributed by atoms with Crippen LogP contribution in [-0.4, -0.2) is 12.8 Å². The summed E-state index contributed by atoms with van der Waals surface area (Å²) in [6, 6.07) is 12.7. The van der Waals surface area contributed by atoms with Gasteiger partial charge in [-0.3, -0.25) is 4.79 Å². The molecule has 0 saturated carbocycles. The van der Waals surface area contributed by atoms with Crippen molar-refractivity contribution in [3.05, 3.63) is 58.6 Å². The summed E-state index contributed by atoms with van der Waals surface area (Å²) >= 11 is 6.00. The molecule has 0 unspecified atom stereocenters. The Morgan fingerprint density at radius 2 is 1.96 bits per heavy atom. The van der Waals surface area contributed by atoms with Crippen LogP contribution in [0.4, 0.5) is 0 Å². The maximum atomic E-state index is 12.5. The second kappa shape index (κ2) is 6.13. The minimum absolute atomic E-state index is 0.180. The van der Waals surface area contributed by atoms with Gasteiger partial charge in [-0.05, 0) is 49.2 Å². The molecular weight excluding hydrogens is 316 g/mol. The average Bonchev–Trinajstić information content (AvgIpc) is 3.00. The Labute approximate surface area is 139 Å². The summed E-state index contributed by atoms with van der Waals surface area (Å²) in [6.45, 7) is 4.04. The Morgan fingerprint density at radius 3 is 2.74 bits per heavy atom. The van der Waals surface area contributed by atoms with Crippen molar-refractivity contribution in [2.45, 2.75) is 25.9 Å². The molecule has 0 radical (unpaired) electrons. The second-order valence-corrected chi connectivity index (χ2v) is 6.34. The summed E-state index contributed by atoms with van der Waals surface area (Å²) in [6.07, 6.45) is 0. The van der Waals surface area contributed by atoms with Gasteiger partial charge in [0.15, 0.2) is 11.5 Å². The Kier molecular flexibility index (Phi) is 4.18. The van der Waals surface area contributed by atoms with Gasteiger partial charge < -0.3 is 14.2 Å². The third-order valence-electron chi connectivity index (χ3n) is 3.86. The van der Waals surface area contributed by atoms with E-state index in [1.807, 2.05) is 44.2 Å². The van der Waals surface area contributed by atoms with Gasteiger partial charge in [-0.25, -0.2) is 0 Å². The fourth-order valence-electron chi connectivity index (χ4n) is 2.36. The minimum atomic E-state index is -0.777. The number of carbonyl (C=O) groups is 1. The monoisotopic (exact) mass is 332 g/mol. The molecule has 2 aromatic rings. The first-order valence-corrected chi connectivity index (χ1v) is 7.66. The van der Waals surface area contributed by atoms with E-state index >= 15 is 0 Å². The van der Waals surface area contributed by atoms with Gasteiger partial charge >= 0.3 is 5.97 Å². The number of rotatable bonds is 4. The first kappa shape index (κ1) is 15.7. The smallest absolute Gasteiger partial charge is 0.316 e. The molecule has 0 amide bonds. The van der Waals surface area contributed by atoms with E-state index in [4.69, 9.17) is 25.8 Å². The minimum Gasteiger partial charge on any atom is -0.460 e. The molecule has 0 N–H and O–H groups in total. The highest BCUT2D eigenvalue weighted by Gasteiger charge is 2.31. The van der Waals surface area contributed by atoms with Crippen LogP contribution < -0.4 is 9.47 Å². The molecule has 0 aromatic heterocycles. The molecule has 120 valence electrons. The first-order chi connectivity index (χ1) is 11.0. The zero-order valence-electron chi connectivity index (χ0n) is 13.0. The number of esters is 1. The number of ether oxygens (including phenoxy) is 3. The summed E-state index contributed by atoms with van der Waals surface area (Å²) in [7, 11) is 0. The van der Waals surface area contributed by atoms with Crippen molar-refractivity contribution < 1.29 is 19.0 Å². The van der Waals surface area contributed by atoms with E-state index in [0.717, 1.165) is 11.1 Å². The highest BCUT2D eigenvalue weighted by Crippen LogP contribution is 2.33. The molecule has 2 aromatic carbocycles. The molecule has 3 rings (SSSR count). The molecular formula is C18H17ClO4. The van der Waals surface area contributed by atoms with Crippen molar-refractivity contribution in [2.75, 3.05) is 6.79 Å². The summed E-state index contributed by atoms with van der Waals surface area (Å²) in [4.78, 5) is 12.5. The molecule has 0 fully saturated rings. The van der Waals surface area contributed by atoms with Crippen LogP contribution in [0.3, 0.4) is 0 Å². The number of hydrogen-bond acceptors (Lipinski definition) is 4. The van der Waals surface area contributed by atoms with Gasteiger partial charge in [0.05, 0.1) is 5.41 Å². The Balaban J connectivity index is 1.69. The van der Waals surface area contributed by atoms with Crippen molar-refractivity contribution in [3.63, 3.8) is 0 Å². The van der Waals surface area contributed by atoms with E-state index in [1.54, 1.807) is 12.1 Å². The molecule has 5 heteroatoms. The Hall–Kier alpha value is -2.20. The molecule has 0 aliphatic carbocycles. The van der Waals surface area contributed by atoms with Gasteiger partial charge in [-0.1, -0.05) is 29.8 Å². The summed E-state index contributed by atoms with van der Waals surface area (Å²) in [5.74, 6) is 1.07. The lowest BCUT2D eigenvalue weighted by molar-refractivity contribution is -0.150. The molecule has 0 saturated heterocycles. The van der Waals surface area contributed by atoms with Crippen LogP contribution in [0, 0.1) is 0 Å². The largest absolute Gasteiger partial charge is 0.460 e. The number of halogens is 1. The summed E-state index contributed by atoms with van der Waals surface area (Å²) in [5.41, 5.74) is 0.895. The van der Waals surface area contributed by atoms with Crippen molar-refractivity contribution in [1.82, 2.24) is 0 Å². The Morgan fingerprint density at radius 1 is 1.17 bits per heavy atom. The van der Waals surface area contributed by atoms with Crippen LogP contribution in [0.1, 0.15) is 25.0 Å². The second-order valence-electron chi connectivity index (χ2n) is 5.90. The normalized spacial score (nSPS) is 13.0. The van der Waals surface area contributed by atoms with Crippen LogP contribution in [0.2, 0.25) is 5.02 Å². The lowest BCUT2D eigenvalue weighted by atomic mass is 9.85. The zero-order chi connectivity index (χ0) is 16.4. The summed E-state index contributed by atoms with van der Waals surface area (Å²) in [5, 5.41) is 0.596. The van der Waals surface area contributed by atoms with Gasteiger partial charge in [-0.15, -0.1) is 0 Å². The fourth-order valence-corrected chi connectivity index (χ4v) is 2.55. The van der Waals surface area contributed by atoms with E-state index in [-0.39, 0.29) is 19.4 Å². The van der Waals surface area contributed by atoms with Crippen molar-refractivity contribution in [3.8, 4) is 11.5 Å². The van der Waals surface area contributed by atoms with Crippen LogP contribution in [0.25, 0.3) is 0 Å². The predicted octanol–water partition coefficient (Wildman–Crippen LogP) is 4.09. The van der Waals surface area contributed by atoms with Crippen LogP contribution in [0.5, 0.6) is 11.5 Å². The standard InChI is InChI=1S/C18H17ClO4/c1-18(2,13-4-3-5-14(19)9-13)17(20)21-10-12-6-7-15-16(8-12)23-11-22-15/h3-9H,10-11H2,1-2H3. The topological polar surface area (TPSA) is 44.8 Å². The van der Waals surface area contributed by atoms with Crippen molar-refractivity contribution in [2.24, 2.45) is 0 Å². The van der Waals surface area contributed by atoms with E-state index in [0.29, 0.717) is 16.5 Å². The van der Waals surface area contributed by atoms with E-state index < -0.39 is 5.41 Å². The van der Waals surface area contributed by atoms with Crippen LogP contribution >= 0.6 is 11.6 Å². The van der Waals surface area contributed by atoms with Crippen LogP contribution in [-0.2, 0) is 21.6 Å². The van der Waals surface area contributed by atoms with Crippen LogP contribution in [0.15, 0.2) is 42.5 Å². The molecule has 23 heavy (non-hydrogen) atoms. The van der Waals surface area contributed by atoms with Gasteiger partial charge in [0.1, 0.15) is 6.61 Å². The third kappa shape index (κ3) is 3.27. The van der Waals surface area contributed by atoms with Crippen molar-refractivity contribution in [1.29, 1.82) is 0 Å². The quantitative estimate of drug-likeness (QED) is 0.791. The lowest BCUT2D eigenvalue weighted by Gasteiger charge is -2.23. The highest BCUT2D eigenvalue weighted by atomic mass is 35.5. The molecule has 0 spiro atoms. The SMILES string of the molecule is CC(C)(C(=O)OCc1ccc2c(c1)OCO2)c1cccc(Cl)c1. The molecule has 1 aliphatic rings. The van der Waals surface area contributed by atoms with E-state index in [2.05, 4.69) is 0 Å². The molecule has 0 atom stereocenters. The first-order valence-electron chi connectivity index (χ1n) is 7.28. The van der Waals surface area contributed by atoms with Gasteiger partial charge in [-0.2, -0.15) is 0 Å². The Bertz CT molecular complexity index is 740. The highest BCUT2D eigenvalue weighted by molar-refractivity contribution is 6.30. The maximum Gasteiger partial charge on any atom is 0.316 e. The van der Waals surface area contributed by atoms with E-state index in [1.165, 1.54) is 0 Å². The maximum absolute atomic E-state index is 12.5. The number of benzene rings is 2. The van der Waals surface area contributed by atoms with E-state index in [9.17, 15) is 4.79 Å².